The summed E-state index contributed by atoms with van der Waals surface area (Å²) in [5.74, 6) is 0.756. The van der Waals surface area contributed by atoms with Gasteiger partial charge in [-0.25, -0.2) is 0 Å². The maximum absolute atomic E-state index is 4.25. The summed E-state index contributed by atoms with van der Waals surface area (Å²) < 4.78 is 0. The normalized spacial score (nSPS) is 11.2. The molecule has 0 radical (unpaired) electrons. The van der Waals surface area contributed by atoms with E-state index in [0.717, 1.165) is 5.92 Å². The number of nitrogens with zero attached hydrogens (tertiary/aromatic N) is 1. The molecule has 0 aliphatic heterocycles. The van der Waals surface area contributed by atoms with E-state index in [1.165, 1.54) is 69.8 Å². The van der Waals surface area contributed by atoms with Crippen LogP contribution in [0.2, 0.25) is 0 Å². The van der Waals surface area contributed by atoms with E-state index in [1.807, 2.05) is 12.4 Å². The zero-order valence-corrected chi connectivity index (χ0v) is 13.8. The predicted octanol–water partition coefficient (Wildman–Crippen LogP) is 6.41. The van der Waals surface area contributed by atoms with Gasteiger partial charge >= 0.3 is 0 Å². The zero-order valence-electron chi connectivity index (χ0n) is 13.8. The monoisotopic (exact) mass is 275 g/mol. The van der Waals surface area contributed by atoms with E-state index >= 15 is 0 Å². The van der Waals surface area contributed by atoms with Crippen LogP contribution in [-0.4, -0.2) is 4.98 Å². The third-order valence-corrected chi connectivity index (χ3v) is 4.32. The Morgan fingerprint density at radius 2 is 1.50 bits per heavy atom. The van der Waals surface area contributed by atoms with Gasteiger partial charge in [0.05, 0.1) is 0 Å². The van der Waals surface area contributed by atoms with Gasteiger partial charge in [0.15, 0.2) is 0 Å². The Morgan fingerprint density at radius 1 is 0.900 bits per heavy atom. The highest BCUT2D eigenvalue weighted by atomic mass is 14.6. The molecule has 114 valence electrons. The van der Waals surface area contributed by atoms with E-state index in [9.17, 15) is 0 Å². The lowest BCUT2D eigenvalue weighted by molar-refractivity contribution is 0.495. The first-order valence-electron chi connectivity index (χ1n) is 8.70. The molecule has 0 aliphatic rings. The summed E-state index contributed by atoms with van der Waals surface area (Å²) in [6.45, 7) is 6.79. The van der Waals surface area contributed by atoms with Crippen molar-refractivity contribution >= 4 is 0 Å². The first kappa shape index (κ1) is 17.2. The van der Waals surface area contributed by atoms with Gasteiger partial charge in [-0.05, 0) is 42.9 Å². The fraction of sp³-hybridized carbons (Fsp3) is 0.737. The van der Waals surface area contributed by atoms with E-state index in [4.69, 9.17) is 0 Å². The van der Waals surface area contributed by atoms with Gasteiger partial charge in [0.2, 0.25) is 0 Å². The number of pyridine rings is 1. The average Bonchev–Trinajstić information content (AvgIpc) is 2.46. The molecule has 1 rings (SSSR count). The molecule has 0 saturated heterocycles. The summed E-state index contributed by atoms with van der Waals surface area (Å²) in [6.07, 6.45) is 17.7. The summed E-state index contributed by atoms with van der Waals surface area (Å²) in [4.78, 5) is 4.25. The minimum atomic E-state index is 0.756. The molecule has 0 aromatic carbocycles. The SMILES string of the molecule is CCCCCCC(CCCCCC)c1ccncc1C. The lowest BCUT2D eigenvalue weighted by Crippen LogP contribution is -2.02. The average molecular weight is 275 g/mol. The van der Waals surface area contributed by atoms with Crippen LogP contribution in [0.4, 0.5) is 0 Å². The van der Waals surface area contributed by atoms with Crippen molar-refractivity contribution in [2.45, 2.75) is 90.9 Å². The van der Waals surface area contributed by atoms with Crippen molar-refractivity contribution in [1.29, 1.82) is 0 Å². The summed E-state index contributed by atoms with van der Waals surface area (Å²) in [7, 11) is 0. The van der Waals surface area contributed by atoms with Gasteiger partial charge in [0, 0.05) is 12.4 Å². The van der Waals surface area contributed by atoms with Crippen molar-refractivity contribution in [1.82, 2.24) is 4.98 Å². The second-order valence-corrected chi connectivity index (χ2v) is 6.13. The van der Waals surface area contributed by atoms with E-state index < -0.39 is 0 Å². The number of unbranched alkanes of at least 4 members (excludes halogenated alkanes) is 6. The van der Waals surface area contributed by atoms with Crippen molar-refractivity contribution < 1.29 is 0 Å². The highest BCUT2D eigenvalue weighted by Crippen LogP contribution is 2.30. The van der Waals surface area contributed by atoms with E-state index in [1.54, 1.807) is 5.56 Å². The van der Waals surface area contributed by atoms with Crippen LogP contribution in [0.25, 0.3) is 0 Å². The first-order chi connectivity index (χ1) is 9.79. The highest BCUT2D eigenvalue weighted by molar-refractivity contribution is 5.25. The Morgan fingerprint density at radius 3 is 2.00 bits per heavy atom. The van der Waals surface area contributed by atoms with Crippen molar-refractivity contribution in [3.05, 3.63) is 29.6 Å². The van der Waals surface area contributed by atoms with Crippen LogP contribution in [0.3, 0.4) is 0 Å². The molecule has 0 saturated carbocycles. The predicted molar refractivity (Wildman–Crippen MR) is 89.2 cm³/mol. The molecule has 0 amide bonds. The molecule has 0 atom stereocenters. The van der Waals surface area contributed by atoms with Crippen molar-refractivity contribution in [3.63, 3.8) is 0 Å². The van der Waals surface area contributed by atoms with E-state index in [2.05, 4.69) is 31.8 Å². The maximum atomic E-state index is 4.25. The number of hydrogen-bond donors (Lipinski definition) is 0. The quantitative estimate of drug-likeness (QED) is 0.425. The van der Waals surface area contributed by atoms with Crippen LogP contribution in [0, 0.1) is 6.92 Å². The van der Waals surface area contributed by atoms with Gasteiger partial charge in [0.1, 0.15) is 0 Å². The van der Waals surface area contributed by atoms with Gasteiger partial charge in [0.25, 0.3) is 0 Å². The molecule has 1 heterocycles. The Balaban J connectivity index is 2.52. The summed E-state index contributed by atoms with van der Waals surface area (Å²) in [6, 6.07) is 2.25. The van der Waals surface area contributed by atoms with Crippen molar-refractivity contribution in [3.8, 4) is 0 Å². The standard InChI is InChI=1S/C19H33N/c1-4-6-8-10-12-18(13-11-9-7-5-2)19-14-15-20-16-17(19)3/h14-16,18H,4-13H2,1-3H3. The molecule has 0 fully saturated rings. The van der Waals surface area contributed by atoms with Gasteiger partial charge in [-0.1, -0.05) is 65.2 Å². The Hall–Kier alpha value is -0.850. The largest absolute Gasteiger partial charge is 0.264 e. The van der Waals surface area contributed by atoms with Crippen LogP contribution in [0.15, 0.2) is 18.5 Å². The molecule has 20 heavy (non-hydrogen) atoms. The molecule has 1 aromatic heterocycles. The molecule has 1 heteroatoms. The number of rotatable bonds is 11. The summed E-state index contributed by atoms with van der Waals surface area (Å²) in [5.41, 5.74) is 2.93. The van der Waals surface area contributed by atoms with Crippen molar-refractivity contribution in [2.24, 2.45) is 0 Å². The molecular formula is C19H33N. The molecule has 0 unspecified atom stereocenters. The fourth-order valence-corrected chi connectivity index (χ4v) is 3.03. The van der Waals surface area contributed by atoms with Crippen LogP contribution in [0.1, 0.15) is 95.1 Å². The summed E-state index contributed by atoms with van der Waals surface area (Å²) in [5, 5.41) is 0. The molecular weight excluding hydrogens is 242 g/mol. The Labute approximate surface area is 126 Å². The van der Waals surface area contributed by atoms with Crippen LogP contribution in [0.5, 0.6) is 0 Å². The smallest absolute Gasteiger partial charge is 0.0299 e. The topological polar surface area (TPSA) is 12.9 Å². The maximum Gasteiger partial charge on any atom is 0.0299 e. The second kappa shape index (κ2) is 10.9. The number of aryl methyl sites for hydroxylation is 1. The van der Waals surface area contributed by atoms with Crippen LogP contribution < -0.4 is 0 Å². The van der Waals surface area contributed by atoms with Gasteiger partial charge in [-0.2, -0.15) is 0 Å². The van der Waals surface area contributed by atoms with Gasteiger partial charge < -0.3 is 0 Å². The lowest BCUT2D eigenvalue weighted by Gasteiger charge is -2.19. The van der Waals surface area contributed by atoms with Gasteiger partial charge in [-0.3, -0.25) is 4.98 Å². The number of hydrogen-bond acceptors (Lipinski definition) is 1. The summed E-state index contributed by atoms with van der Waals surface area (Å²) >= 11 is 0. The Bertz CT molecular complexity index is 333. The van der Waals surface area contributed by atoms with Crippen LogP contribution in [-0.2, 0) is 0 Å². The van der Waals surface area contributed by atoms with Crippen molar-refractivity contribution in [2.75, 3.05) is 0 Å². The second-order valence-electron chi connectivity index (χ2n) is 6.13. The van der Waals surface area contributed by atoms with Crippen LogP contribution >= 0.6 is 0 Å². The minimum Gasteiger partial charge on any atom is -0.264 e. The lowest BCUT2D eigenvalue weighted by atomic mass is 9.86. The molecule has 1 nitrogen and oxygen atoms in total. The first-order valence-corrected chi connectivity index (χ1v) is 8.70. The number of aromatic nitrogens is 1. The van der Waals surface area contributed by atoms with E-state index in [-0.39, 0.29) is 0 Å². The zero-order chi connectivity index (χ0) is 14.6. The molecule has 0 bridgehead atoms. The highest BCUT2D eigenvalue weighted by Gasteiger charge is 2.13. The fourth-order valence-electron chi connectivity index (χ4n) is 3.03. The minimum absolute atomic E-state index is 0.756. The third-order valence-electron chi connectivity index (χ3n) is 4.32. The Kier molecular flexibility index (Phi) is 9.36. The molecule has 1 aromatic rings. The third kappa shape index (κ3) is 6.54. The van der Waals surface area contributed by atoms with E-state index in [0.29, 0.717) is 0 Å². The molecule has 0 aliphatic carbocycles. The molecule has 0 N–H and O–H groups in total. The molecule has 0 spiro atoms. The van der Waals surface area contributed by atoms with Gasteiger partial charge in [-0.15, -0.1) is 0 Å².